The first kappa shape index (κ1) is 12.1. The van der Waals surface area contributed by atoms with Gasteiger partial charge in [-0.3, -0.25) is 4.79 Å². The van der Waals surface area contributed by atoms with Gasteiger partial charge in [0.2, 0.25) is 0 Å². The number of benzene rings is 2. The van der Waals surface area contributed by atoms with Gasteiger partial charge in [0.15, 0.2) is 0 Å². The van der Waals surface area contributed by atoms with E-state index in [-0.39, 0.29) is 0 Å². The Hall–Kier alpha value is -2.33. The summed E-state index contributed by atoms with van der Waals surface area (Å²) in [5, 5.41) is 8.78. The van der Waals surface area contributed by atoms with Crippen LogP contribution in [0, 0.1) is 0 Å². The lowest BCUT2D eigenvalue weighted by Gasteiger charge is -2.09. The summed E-state index contributed by atoms with van der Waals surface area (Å²) in [4.78, 5) is 10.7. The summed E-state index contributed by atoms with van der Waals surface area (Å²) in [6.45, 7) is 0. The molecule has 4 heteroatoms. The Morgan fingerprint density at radius 3 is 2.11 bits per heavy atom. The molecule has 0 spiro atoms. The maximum Gasteiger partial charge on any atom is 0.325 e. The molecule has 2 aromatic carbocycles. The van der Waals surface area contributed by atoms with Crippen molar-refractivity contribution in [2.24, 2.45) is 5.73 Å². The highest BCUT2D eigenvalue weighted by molar-refractivity contribution is 5.75. The van der Waals surface area contributed by atoms with Gasteiger partial charge in [-0.05, 0) is 29.8 Å². The smallest absolute Gasteiger partial charge is 0.325 e. The number of nitrogens with two attached hydrogens (primary N) is 1. The summed E-state index contributed by atoms with van der Waals surface area (Å²) < 4.78 is 5.59. The predicted octanol–water partition coefficient (Wildman–Crippen LogP) is 2.56. The lowest BCUT2D eigenvalue weighted by Crippen LogP contribution is -2.20. The van der Waals surface area contributed by atoms with E-state index in [4.69, 9.17) is 15.6 Å². The fourth-order valence-electron chi connectivity index (χ4n) is 1.51. The van der Waals surface area contributed by atoms with Gasteiger partial charge in [-0.25, -0.2) is 0 Å². The molecule has 0 saturated carbocycles. The van der Waals surface area contributed by atoms with Gasteiger partial charge in [-0.2, -0.15) is 0 Å². The Kier molecular flexibility index (Phi) is 3.60. The van der Waals surface area contributed by atoms with E-state index in [0.717, 1.165) is 5.75 Å². The van der Waals surface area contributed by atoms with Crippen molar-refractivity contribution in [2.75, 3.05) is 0 Å². The van der Waals surface area contributed by atoms with Crippen molar-refractivity contribution >= 4 is 5.97 Å². The quantitative estimate of drug-likeness (QED) is 0.865. The largest absolute Gasteiger partial charge is 0.480 e. The van der Waals surface area contributed by atoms with E-state index in [1.807, 2.05) is 30.3 Å². The molecule has 0 saturated heterocycles. The third-order valence-corrected chi connectivity index (χ3v) is 2.48. The molecule has 2 rings (SSSR count). The van der Waals surface area contributed by atoms with Crippen molar-refractivity contribution in [2.45, 2.75) is 6.04 Å². The maximum atomic E-state index is 10.7. The third-order valence-electron chi connectivity index (χ3n) is 2.48. The number of carboxylic acids is 1. The SMILES string of the molecule is NC(C(=O)O)c1ccc(Oc2ccccc2)cc1. The average Bonchev–Trinajstić information content (AvgIpc) is 2.40. The van der Waals surface area contributed by atoms with Crippen LogP contribution in [0.4, 0.5) is 0 Å². The molecule has 2 aromatic rings. The number of aliphatic carboxylic acids is 1. The van der Waals surface area contributed by atoms with Crippen molar-refractivity contribution in [1.29, 1.82) is 0 Å². The predicted molar refractivity (Wildman–Crippen MR) is 67.5 cm³/mol. The summed E-state index contributed by atoms with van der Waals surface area (Å²) in [5.41, 5.74) is 6.04. The number of para-hydroxylation sites is 1. The maximum absolute atomic E-state index is 10.7. The van der Waals surface area contributed by atoms with E-state index < -0.39 is 12.0 Å². The first-order chi connectivity index (χ1) is 8.66. The highest BCUT2D eigenvalue weighted by atomic mass is 16.5. The monoisotopic (exact) mass is 243 g/mol. The van der Waals surface area contributed by atoms with Crippen molar-refractivity contribution in [1.82, 2.24) is 0 Å². The molecular formula is C14H13NO3. The van der Waals surface area contributed by atoms with Crippen LogP contribution >= 0.6 is 0 Å². The second-order valence-electron chi connectivity index (χ2n) is 3.80. The van der Waals surface area contributed by atoms with Gasteiger partial charge in [0.05, 0.1) is 0 Å². The normalized spacial score (nSPS) is 11.8. The molecule has 3 N–H and O–H groups in total. The van der Waals surface area contributed by atoms with Crippen molar-refractivity contribution in [3.05, 3.63) is 60.2 Å². The first-order valence-corrected chi connectivity index (χ1v) is 5.48. The summed E-state index contributed by atoms with van der Waals surface area (Å²) in [6, 6.07) is 15.0. The summed E-state index contributed by atoms with van der Waals surface area (Å²) >= 11 is 0. The van der Waals surface area contributed by atoms with E-state index in [2.05, 4.69) is 0 Å². The fourth-order valence-corrected chi connectivity index (χ4v) is 1.51. The number of ether oxygens (including phenoxy) is 1. The molecular weight excluding hydrogens is 230 g/mol. The number of hydrogen-bond acceptors (Lipinski definition) is 3. The van der Waals surface area contributed by atoms with E-state index in [0.29, 0.717) is 11.3 Å². The first-order valence-electron chi connectivity index (χ1n) is 5.48. The lowest BCUT2D eigenvalue weighted by molar-refractivity contribution is -0.138. The number of carbonyl (C=O) groups is 1. The Bertz CT molecular complexity index is 522. The molecule has 18 heavy (non-hydrogen) atoms. The molecule has 0 aliphatic heterocycles. The number of hydrogen-bond donors (Lipinski definition) is 2. The summed E-state index contributed by atoms with van der Waals surface area (Å²) in [6.07, 6.45) is 0. The Morgan fingerprint density at radius 1 is 1.00 bits per heavy atom. The summed E-state index contributed by atoms with van der Waals surface area (Å²) in [7, 11) is 0. The zero-order chi connectivity index (χ0) is 13.0. The van der Waals surface area contributed by atoms with Crippen LogP contribution in [0.3, 0.4) is 0 Å². The Morgan fingerprint density at radius 2 is 1.56 bits per heavy atom. The molecule has 0 radical (unpaired) electrons. The zero-order valence-corrected chi connectivity index (χ0v) is 9.61. The highest BCUT2D eigenvalue weighted by Gasteiger charge is 2.13. The Labute approximate surface area is 105 Å². The lowest BCUT2D eigenvalue weighted by atomic mass is 10.1. The number of rotatable bonds is 4. The van der Waals surface area contributed by atoms with Crippen LogP contribution in [-0.4, -0.2) is 11.1 Å². The average molecular weight is 243 g/mol. The summed E-state index contributed by atoms with van der Waals surface area (Å²) in [5.74, 6) is 0.321. The number of carboxylic acid groups (broad SMARTS) is 1. The zero-order valence-electron chi connectivity index (χ0n) is 9.61. The molecule has 4 nitrogen and oxygen atoms in total. The second-order valence-corrected chi connectivity index (χ2v) is 3.80. The standard InChI is InChI=1S/C14H13NO3/c15-13(14(16)17)10-6-8-12(9-7-10)18-11-4-2-1-3-5-11/h1-9,13H,15H2,(H,16,17). The minimum absolute atomic E-state index is 0.544. The Balaban J connectivity index is 2.11. The molecule has 0 aliphatic carbocycles. The van der Waals surface area contributed by atoms with E-state index in [1.165, 1.54) is 0 Å². The van der Waals surface area contributed by atoms with Crippen LogP contribution in [0.15, 0.2) is 54.6 Å². The van der Waals surface area contributed by atoms with E-state index in [1.54, 1.807) is 24.3 Å². The molecule has 1 unspecified atom stereocenters. The molecule has 0 fully saturated rings. The van der Waals surface area contributed by atoms with Gasteiger partial charge in [-0.15, -0.1) is 0 Å². The molecule has 0 amide bonds. The van der Waals surface area contributed by atoms with E-state index in [9.17, 15) is 4.79 Å². The molecule has 92 valence electrons. The minimum Gasteiger partial charge on any atom is -0.480 e. The van der Waals surface area contributed by atoms with Gasteiger partial charge in [0.1, 0.15) is 17.5 Å². The van der Waals surface area contributed by atoms with Gasteiger partial charge in [-0.1, -0.05) is 30.3 Å². The van der Waals surface area contributed by atoms with Gasteiger partial charge in [0, 0.05) is 0 Å². The topological polar surface area (TPSA) is 72.6 Å². The van der Waals surface area contributed by atoms with Crippen LogP contribution in [0.5, 0.6) is 11.5 Å². The van der Waals surface area contributed by atoms with Crippen LogP contribution in [0.2, 0.25) is 0 Å². The van der Waals surface area contributed by atoms with Gasteiger partial charge in [0.25, 0.3) is 0 Å². The van der Waals surface area contributed by atoms with Crippen LogP contribution in [0.1, 0.15) is 11.6 Å². The van der Waals surface area contributed by atoms with Crippen molar-refractivity contribution in [3.63, 3.8) is 0 Å². The third kappa shape index (κ3) is 2.87. The molecule has 0 aliphatic rings. The highest BCUT2D eigenvalue weighted by Crippen LogP contribution is 2.22. The molecule has 1 atom stereocenters. The van der Waals surface area contributed by atoms with Crippen LogP contribution < -0.4 is 10.5 Å². The fraction of sp³-hybridized carbons (Fsp3) is 0.0714. The minimum atomic E-state index is -1.05. The van der Waals surface area contributed by atoms with Crippen molar-refractivity contribution < 1.29 is 14.6 Å². The molecule has 0 aromatic heterocycles. The van der Waals surface area contributed by atoms with Gasteiger partial charge >= 0.3 is 5.97 Å². The van der Waals surface area contributed by atoms with Crippen LogP contribution in [0.25, 0.3) is 0 Å². The van der Waals surface area contributed by atoms with E-state index >= 15 is 0 Å². The van der Waals surface area contributed by atoms with Crippen LogP contribution in [-0.2, 0) is 4.79 Å². The van der Waals surface area contributed by atoms with Gasteiger partial charge < -0.3 is 15.6 Å². The molecule has 0 heterocycles. The molecule has 0 bridgehead atoms. The van der Waals surface area contributed by atoms with Crippen molar-refractivity contribution in [3.8, 4) is 11.5 Å². The second kappa shape index (κ2) is 5.33.